The zero-order valence-electron chi connectivity index (χ0n) is 18.1. The van der Waals surface area contributed by atoms with Crippen LogP contribution < -0.4 is 21.7 Å². The fourth-order valence-corrected chi connectivity index (χ4v) is 2.95. The summed E-state index contributed by atoms with van der Waals surface area (Å²) in [5, 5.41) is 17.3. The maximum Gasteiger partial charge on any atom is 0.303 e. The highest BCUT2D eigenvalue weighted by Crippen LogP contribution is 2.07. The fraction of sp³-hybridized carbons (Fsp3) is 0.545. The number of benzene rings is 1. The molecule has 0 aliphatic heterocycles. The molecule has 6 N–H and O–H groups in total. The van der Waals surface area contributed by atoms with Crippen molar-refractivity contribution in [2.45, 2.75) is 64.1 Å². The minimum absolute atomic E-state index is 0.0553. The summed E-state index contributed by atoms with van der Waals surface area (Å²) < 4.78 is 0. The van der Waals surface area contributed by atoms with Crippen LogP contribution in [0.15, 0.2) is 30.3 Å². The lowest BCUT2D eigenvalue weighted by atomic mass is 10.0. The third-order valence-corrected chi connectivity index (χ3v) is 4.70. The van der Waals surface area contributed by atoms with Crippen LogP contribution >= 0.6 is 0 Å². The molecule has 0 unspecified atom stereocenters. The Morgan fingerprint density at radius 3 is 2.35 bits per heavy atom. The highest BCUT2D eigenvalue weighted by Gasteiger charge is 2.29. The number of carboxylic acid groups (broad SMARTS) is 1. The molecule has 0 fully saturated rings. The second-order valence-electron chi connectivity index (χ2n) is 7.32. The van der Waals surface area contributed by atoms with E-state index in [0.717, 1.165) is 5.56 Å². The summed E-state index contributed by atoms with van der Waals surface area (Å²) in [6.45, 7) is 3.04. The predicted molar refractivity (Wildman–Crippen MR) is 117 cm³/mol. The lowest BCUT2D eigenvalue weighted by molar-refractivity contribution is -0.140. The van der Waals surface area contributed by atoms with Gasteiger partial charge < -0.3 is 26.8 Å². The quantitative estimate of drug-likeness (QED) is 0.190. The molecule has 1 aromatic rings. The number of unbranched alkanes of at least 4 members (excludes halogenated alkanes) is 1. The van der Waals surface area contributed by atoms with Gasteiger partial charge in [0.05, 0.1) is 12.1 Å². The van der Waals surface area contributed by atoms with Crippen LogP contribution in [0.4, 0.5) is 0 Å². The van der Waals surface area contributed by atoms with Crippen molar-refractivity contribution >= 4 is 23.6 Å². The van der Waals surface area contributed by atoms with Gasteiger partial charge in [0, 0.05) is 19.5 Å². The topological polar surface area (TPSA) is 151 Å². The Morgan fingerprint density at radius 2 is 1.74 bits per heavy atom. The van der Waals surface area contributed by atoms with E-state index in [-0.39, 0.29) is 19.3 Å². The second-order valence-corrected chi connectivity index (χ2v) is 7.32. The summed E-state index contributed by atoms with van der Waals surface area (Å²) in [4.78, 5) is 48.6. The number of nitrogens with one attached hydrogen (secondary N) is 3. The SMILES string of the molecule is CCCNC(=O)C(=O)[C@H](CCCCN)NC(=O)[C@H](CCC(=O)O)NCc1ccccc1. The summed E-state index contributed by atoms with van der Waals surface area (Å²) in [5.41, 5.74) is 6.45. The number of aliphatic carboxylic acids is 1. The highest BCUT2D eigenvalue weighted by atomic mass is 16.4. The van der Waals surface area contributed by atoms with Crippen LogP contribution in [-0.2, 0) is 25.7 Å². The standard InChI is InChI=1S/C22H34N4O5/c1-2-14-24-22(31)20(29)17(10-6-7-13-23)26-21(30)18(11-12-19(27)28)25-15-16-8-4-3-5-9-16/h3-5,8-9,17-18,25H,2,6-7,10-15,23H2,1H3,(H,24,31)(H,26,30)(H,27,28)/t17-,18-/m0/s1. The molecule has 172 valence electrons. The van der Waals surface area contributed by atoms with Gasteiger partial charge in [0.25, 0.3) is 5.91 Å². The van der Waals surface area contributed by atoms with E-state index < -0.39 is 35.7 Å². The van der Waals surface area contributed by atoms with Gasteiger partial charge in [-0.05, 0) is 44.2 Å². The summed E-state index contributed by atoms with van der Waals surface area (Å²) in [7, 11) is 0. The molecule has 0 heterocycles. The Balaban J connectivity index is 2.85. The van der Waals surface area contributed by atoms with Crippen molar-refractivity contribution in [2.75, 3.05) is 13.1 Å². The van der Waals surface area contributed by atoms with E-state index >= 15 is 0 Å². The molecule has 0 aliphatic carbocycles. The molecule has 0 radical (unpaired) electrons. The smallest absolute Gasteiger partial charge is 0.303 e. The van der Waals surface area contributed by atoms with Crippen molar-refractivity contribution < 1.29 is 24.3 Å². The Morgan fingerprint density at radius 1 is 1.03 bits per heavy atom. The van der Waals surface area contributed by atoms with Gasteiger partial charge in [0.1, 0.15) is 0 Å². The van der Waals surface area contributed by atoms with Crippen LogP contribution in [0.5, 0.6) is 0 Å². The van der Waals surface area contributed by atoms with Gasteiger partial charge in [-0.1, -0.05) is 37.3 Å². The van der Waals surface area contributed by atoms with E-state index in [1.807, 2.05) is 37.3 Å². The number of nitrogens with two attached hydrogens (primary N) is 1. The first kappa shape index (κ1) is 26.3. The fourth-order valence-electron chi connectivity index (χ4n) is 2.95. The Hall–Kier alpha value is -2.78. The minimum atomic E-state index is -1.02. The van der Waals surface area contributed by atoms with E-state index in [2.05, 4.69) is 16.0 Å². The van der Waals surface area contributed by atoms with Crippen molar-refractivity contribution in [2.24, 2.45) is 5.73 Å². The molecule has 0 bridgehead atoms. The lowest BCUT2D eigenvalue weighted by Crippen LogP contribution is -2.53. The maximum atomic E-state index is 12.9. The van der Waals surface area contributed by atoms with Gasteiger partial charge in [0.2, 0.25) is 11.7 Å². The number of carbonyl (C=O) groups excluding carboxylic acids is 3. The molecule has 2 amide bonds. The van der Waals surface area contributed by atoms with E-state index in [9.17, 15) is 19.2 Å². The first-order valence-corrected chi connectivity index (χ1v) is 10.7. The van der Waals surface area contributed by atoms with Crippen LogP contribution in [0.1, 0.15) is 51.0 Å². The van der Waals surface area contributed by atoms with Gasteiger partial charge in [-0.15, -0.1) is 0 Å². The average Bonchev–Trinajstić information content (AvgIpc) is 2.76. The highest BCUT2D eigenvalue weighted by molar-refractivity contribution is 6.38. The molecule has 0 spiro atoms. The molecule has 1 aromatic carbocycles. The van der Waals surface area contributed by atoms with Gasteiger partial charge in [-0.25, -0.2) is 0 Å². The first-order chi connectivity index (χ1) is 14.9. The second kappa shape index (κ2) is 15.1. The number of hydrogen-bond acceptors (Lipinski definition) is 6. The van der Waals surface area contributed by atoms with Gasteiger partial charge in [-0.2, -0.15) is 0 Å². The number of Topliss-reactive ketones (excluding diaryl/α,β-unsaturated/α-hetero) is 1. The molecule has 0 aliphatic rings. The van der Waals surface area contributed by atoms with Gasteiger partial charge >= 0.3 is 5.97 Å². The van der Waals surface area contributed by atoms with Crippen molar-refractivity contribution in [3.05, 3.63) is 35.9 Å². The van der Waals surface area contributed by atoms with Crippen LogP contribution in [-0.4, -0.2) is 53.8 Å². The van der Waals surface area contributed by atoms with Crippen LogP contribution in [0.2, 0.25) is 0 Å². The number of ketones is 1. The number of carboxylic acids is 1. The number of hydrogen-bond donors (Lipinski definition) is 5. The van der Waals surface area contributed by atoms with E-state index in [0.29, 0.717) is 38.9 Å². The number of amides is 2. The van der Waals surface area contributed by atoms with Gasteiger partial charge in [-0.3, -0.25) is 19.2 Å². The Labute approximate surface area is 183 Å². The molecule has 0 saturated heterocycles. The third-order valence-electron chi connectivity index (χ3n) is 4.70. The van der Waals surface area contributed by atoms with Crippen molar-refractivity contribution in [1.29, 1.82) is 0 Å². The molecule has 0 saturated carbocycles. The molecular formula is C22H34N4O5. The molecule has 9 heteroatoms. The largest absolute Gasteiger partial charge is 0.481 e. The summed E-state index contributed by atoms with van der Waals surface area (Å²) in [6, 6.07) is 7.57. The number of carbonyl (C=O) groups is 4. The first-order valence-electron chi connectivity index (χ1n) is 10.7. The molecule has 2 atom stereocenters. The van der Waals surface area contributed by atoms with E-state index in [1.165, 1.54) is 0 Å². The molecule has 31 heavy (non-hydrogen) atoms. The van der Waals surface area contributed by atoms with E-state index in [4.69, 9.17) is 10.8 Å². The van der Waals surface area contributed by atoms with Crippen molar-refractivity contribution in [3.63, 3.8) is 0 Å². The third kappa shape index (κ3) is 10.7. The maximum absolute atomic E-state index is 12.9. The zero-order valence-corrected chi connectivity index (χ0v) is 18.1. The summed E-state index contributed by atoms with van der Waals surface area (Å²) in [6.07, 6.45) is 2.05. The Kier molecular flexibility index (Phi) is 12.8. The van der Waals surface area contributed by atoms with Crippen LogP contribution in [0.25, 0.3) is 0 Å². The van der Waals surface area contributed by atoms with Crippen molar-refractivity contribution in [3.8, 4) is 0 Å². The Bertz CT molecular complexity index is 711. The van der Waals surface area contributed by atoms with Crippen LogP contribution in [0, 0.1) is 0 Å². The number of rotatable bonds is 16. The lowest BCUT2D eigenvalue weighted by Gasteiger charge is -2.22. The normalized spacial score (nSPS) is 12.6. The zero-order chi connectivity index (χ0) is 23.1. The van der Waals surface area contributed by atoms with Crippen LogP contribution in [0.3, 0.4) is 0 Å². The predicted octanol–water partition coefficient (Wildman–Crippen LogP) is 0.719. The minimum Gasteiger partial charge on any atom is -0.481 e. The van der Waals surface area contributed by atoms with Crippen molar-refractivity contribution in [1.82, 2.24) is 16.0 Å². The average molecular weight is 435 g/mol. The molecule has 0 aromatic heterocycles. The molecular weight excluding hydrogens is 400 g/mol. The van der Waals surface area contributed by atoms with E-state index in [1.54, 1.807) is 0 Å². The monoisotopic (exact) mass is 434 g/mol. The molecule has 1 rings (SSSR count). The summed E-state index contributed by atoms with van der Waals surface area (Å²) >= 11 is 0. The summed E-state index contributed by atoms with van der Waals surface area (Å²) in [5.74, 6) is -2.97. The molecule has 9 nitrogen and oxygen atoms in total. The van der Waals surface area contributed by atoms with Gasteiger partial charge in [0.15, 0.2) is 0 Å².